The lowest BCUT2D eigenvalue weighted by molar-refractivity contribution is 0.219. The fourth-order valence-electron chi connectivity index (χ4n) is 3.34. The van der Waals surface area contributed by atoms with E-state index in [2.05, 4.69) is 59.1 Å². The molecule has 0 aromatic heterocycles. The number of nitrogens with zero attached hydrogens (tertiary/aromatic N) is 1. The molecule has 1 aliphatic carbocycles. The van der Waals surface area contributed by atoms with Gasteiger partial charge < -0.3 is 4.90 Å². The fourth-order valence-corrected chi connectivity index (χ4v) is 4.01. The minimum Gasteiger partial charge on any atom is -0.306 e. The van der Waals surface area contributed by atoms with Crippen molar-refractivity contribution >= 4 is 21.5 Å². The Labute approximate surface area is 112 Å². The molecule has 17 heavy (non-hydrogen) atoms. The second-order valence-corrected chi connectivity index (χ2v) is 6.30. The van der Waals surface area contributed by atoms with Gasteiger partial charge in [0.05, 0.1) is 0 Å². The Hall–Kier alpha value is -0.600. The molecule has 0 radical (unpaired) electrons. The summed E-state index contributed by atoms with van der Waals surface area (Å²) in [4.78, 5) is 2.43. The van der Waals surface area contributed by atoms with E-state index in [0.29, 0.717) is 5.41 Å². The topological polar surface area (TPSA) is 3.24 Å². The molecule has 0 atom stereocenters. The Morgan fingerprint density at radius 3 is 2.65 bits per heavy atom. The van der Waals surface area contributed by atoms with Gasteiger partial charge >= 0.3 is 0 Å². The second kappa shape index (κ2) is 3.96. The second-order valence-electron chi connectivity index (χ2n) is 5.45. The van der Waals surface area contributed by atoms with E-state index in [4.69, 9.17) is 0 Å². The number of rotatable bonds is 0. The number of hydrogen-bond donors (Lipinski definition) is 0. The van der Waals surface area contributed by atoms with Gasteiger partial charge in [0.15, 0.2) is 0 Å². The largest absolute Gasteiger partial charge is 0.306 e. The highest BCUT2D eigenvalue weighted by Crippen LogP contribution is 2.48. The number of benzene rings is 1. The fraction of sp³-hybridized carbons (Fsp3) is 0.467. The summed E-state index contributed by atoms with van der Waals surface area (Å²) in [5, 5.41) is 0. The summed E-state index contributed by atoms with van der Waals surface area (Å²) < 4.78 is 1.25. The van der Waals surface area contributed by atoms with Crippen LogP contribution in [0.5, 0.6) is 0 Å². The third-order valence-corrected chi connectivity index (χ3v) is 4.98. The molecule has 1 heterocycles. The first-order valence-corrected chi connectivity index (χ1v) is 7.09. The predicted molar refractivity (Wildman–Crippen MR) is 76.2 cm³/mol. The molecule has 1 nitrogen and oxygen atoms in total. The van der Waals surface area contributed by atoms with E-state index < -0.39 is 0 Å². The van der Waals surface area contributed by atoms with Gasteiger partial charge in [0.1, 0.15) is 0 Å². The van der Waals surface area contributed by atoms with Crippen molar-refractivity contribution in [3.05, 3.63) is 39.9 Å². The normalized spacial score (nSPS) is 22.6. The van der Waals surface area contributed by atoms with Crippen LogP contribution in [-0.2, 0) is 5.41 Å². The molecule has 0 N–H and O–H groups in total. The molecule has 1 aromatic carbocycles. The van der Waals surface area contributed by atoms with Crippen molar-refractivity contribution in [2.24, 2.45) is 0 Å². The van der Waals surface area contributed by atoms with E-state index in [1.165, 1.54) is 47.1 Å². The summed E-state index contributed by atoms with van der Waals surface area (Å²) in [7, 11) is 2.22. The number of fused-ring (bicyclic) bond motifs is 2. The van der Waals surface area contributed by atoms with Gasteiger partial charge in [-0.1, -0.05) is 34.1 Å². The van der Waals surface area contributed by atoms with Crippen molar-refractivity contribution in [2.75, 3.05) is 20.1 Å². The van der Waals surface area contributed by atoms with Crippen LogP contribution < -0.4 is 0 Å². The Morgan fingerprint density at radius 1 is 1.24 bits per heavy atom. The summed E-state index contributed by atoms with van der Waals surface area (Å²) in [6, 6.07) is 6.65. The Kier molecular flexibility index (Phi) is 2.68. The van der Waals surface area contributed by atoms with Gasteiger partial charge in [0.2, 0.25) is 0 Å². The average molecular weight is 292 g/mol. The molecule has 0 unspecified atom stereocenters. The average Bonchev–Trinajstić information content (AvgIpc) is 2.58. The number of likely N-dealkylation sites (tertiary alicyclic amines) is 1. The summed E-state index contributed by atoms with van der Waals surface area (Å²) in [5.74, 6) is 0. The summed E-state index contributed by atoms with van der Waals surface area (Å²) in [6.45, 7) is 4.65. The lowest BCUT2D eigenvalue weighted by Gasteiger charge is -2.37. The van der Waals surface area contributed by atoms with E-state index >= 15 is 0 Å². The molecular weight excluding hydrogens is 274 g/mol. The van der Waals surface area contributed by atoms with Gasteiger partial charge in [-0.2, -0.15) is 0 Å². The number of hydrogen-bond acceptors (Lipinski definition) is 1. The maximum absolute atomic E-state index is 3.70. The molecule has 2 heteroatoms. The van der Waals surface area contributed by atoms with Crippen molar-refractivity contribution in [1.29, 1.82) is 0 Å². The third-order valence-electron chi connectivity index (χ3n) is 4.32. The first-order valence-electron chi connectivity index (χ1n) is 6.30. The zero-order valence-corrected chi connectivity index (χ0v) is 12.0. The van der Waals surface area contributed by atoms with Gasteiger partial charge in [-0.05, 0) is 62.7 Å². The molecule has 1 fully saturated rings. The Bertz CT molecular complexity index is 482. The van der Waals surface area contributed by atoms with Crippen LogP contribution in [0.15, 0.2) is 28.7 Å². The molecule has 1 saturated heterocycles. The molecule has 3 rings (SSSR count). The first-order chi connectivity index (χ1) is 8.12. The van der Waals surface area contributed by atoms with Crippen LogP contribution in [0.2, 0.25) is 0 Å². The molecule has 1 aromatic rings. The van der Waals surface area contributed by atoms with Gasteiger partial charge in [-0.3, -0.25) is 0 Å². The highest BCUT2D eigenvalue weighted by molar-refractivity contribution is 9.10. The third kappa shape index (κ3) is 1.69. The molecule has 0 saturated carbocycles. The summed E-state index contributed by atoms with van der Waals surface area (Å²) in [6.07, 6.45) is 5.02. The standard InChI is InChI=1S/C15H18BrN/c1-11-10-15(6-8-17(2)9-7-15)12-4-3-5-13(16)14(11)12/h3-5,10H,6-9H2,1-2H3. The van der Waals surface area contributed by atoms with Crippen LogP contribution >= 0.6 is 15.9 Å². The van der Waals surface area contributed by atoms with E-state index in [1.54, 1.807) is 0 Å². The number of allylic oxidation sites excluding steroid dienone is 2. The minimum absolute atomic E-state index is 0.315. The zero-order valence-electron chi connectivity index (χ0n) is 10.5. The maximum Gasteiger partial charge on any atom is 0.0253 e. The molecule has 0 bridgehead atoms. The van der Waals surface area contributed by atoms with Crippen molar-refractivity contribution in [3.63, 3.8) is 0 Å². The lowest BCUT2D eigenvalue weighted by Crippen LogP contribution is -2.38. The minimum atomic E-state index is 0.315. The highest BCUT2D eigenvalue weighted by Gasteiger charge is 2.39. The molecule has 1 spiro atoms. The van der Waals surface area contributed by atoms with Gasteiger partial charge in [0.25, 0.3) is 0 Å². The van der Waals surface area contributed by atoms with Gasteiger partial charge in [-0.25, -0.2) is 0 Å². The zero-order chi connectivity index (χ0) is 12.0. The molecule has 0 amide bonds. The van der Waals surface area contributed by atoms with Crippen LogP contribution in [0.3, 0.4) is 0 Å². The highest BCUT2D eigenvalue weighted by atomic mass is 79.9. The van der Waals surface area contributed by atoms with Crippen LogP contribution in [0, 0.1) is 0 Å². The van der Waals surface area contributed by atoms with Gasteiger partial charge in [0, 0.05) is 9.89 Å². The Balaban J connectivity index is 2.09. The first kappa shape index (κ1) is 11.5. The molecule has 90 valence electrons. The van der Waals surface area contributed by atoms with E-state index in [9.17, 15) is 0 Å². The number of piperidine rings is 1. The van der Waals surface area contributed by atoms with Crippen LogP contribution in [0.25, 0.3) is 5.57 Å². The smallest absolute Gasteiger partial charge is 0.0253 e. The SMILES string of the molecule is CC1=CC2(CCN(C)CC2)c2cccc(Br)c21. The summed E-state index contributed by atoms with van der Waals surface area (Å²) in [5.41, 5.74) is 4.74. The van der Waals surface area contributed by atoms with Crippen LogP contribution in [0.4, 0.5) is 0 Å². The number of halogens is 1. The Morgan fingerprint density at radius 2 is 1.94 bits per heavy atom. The molecular formula is C15H18BrN. The lowest BCUT2D eigenvalue weighted by atomic mass is 9.75. The van der Waals surface area contributed by atoms with Crippen molar-refractivity contribution < 1.29 is 0 Å². The van der Waals surface area contributed by atoms with E-state index in [0.717, 1.165) is 0 Å². The predicted octanol–water partition coefficient (Wildman–Crippen LogP) is 3.83. The summed E-state index contributed by atoms with van der Waals surface area (Å²) >= 11 is 3.70. The van der Waals surface area contributed by atoms with Crippen LogP contribution in [-0.4, -0.2) is 25.0 Å². The molecule has 2 aliphatic rings. The van der Waals surface area contributed by atoms with Crippen molar-refractivity contribution in [3.8, 4) is 0 Å². The van der Waals surface area contributed by atoms with Gasteiger partial charge in [-0.15, -0.1) is 0 Å². The monoisotopic (exact) mass is 291 g/mol. The van der Waals surface area contributed by atoms with Crippen molar-refractivity contribution in [2.45, 2.75) is 25.2 Å². The van der Waals surface area contributed by atoms with E-state index in [1.807, 2.05) is 0 Å². The molecule has 1 aliphatic heterocycles. The van der Waals surface area contributed by atoms with Crippen molar-refractivity contribution in [1.82, 2.24) is 4.90 Å². The van der Waals surface area contributed by atoms with E-state index in [-0.39, 0.29) is 0 Å². The maximum atomic E-state index is 3.70. The van der Waals surface area contributed by atoms with Crippen LogP contribution in [0.1, 0.15) is 30.9 Å². The quantitative estimate of drug-likeness (QED) is 0.702.